The number of nitriles is 1. The summed E-state index contributed by atoms with van der Waals surface area (Å²) in [6, 6.07) is 26.9. The highest BCUT2D eigenvalue weighted by Gasteiger charge is 2.23. The van der Waals surface area contributed by atoms with E-state index < -0.39 is 0 Å². The first-order valence-corrected chi connectivity index (χ1v) is 9.52. The first kappa shape index (κ1) is 17.7. The van der Waals surface area contributed by atoms with Crippen LogP contribution in [-0.2, 0) is 6.54 Å². The number of H-pyrrole nitrogens is 1. The summed E-state index contributed by atoms with van der Waals surface area (Å²) in [6.45, 7) is 0.483. The van der Waals surface area contributed by atoms with Crippen LogP contribution in [-0.4, -0.2) is 24.9 Å². The summed E-state index contributed by atoms with van der Waals surface area (Å²) in [5.74, 6) is 0.569. The van der Waals surface area contributed by atoms with Gasteiger partial charge in [0, 0.05) is 5.56 Å². The van der Waals surface area contributed by atoms with E-state index in [9.17, 15) is 5.11 Å². The molecule has 0 saturated carbocycles. The van der Waals surface area contributed by atoms with Gasteiger partial charge in [-0.3, -0.25) is 4.68 Å². The van der Waals surface area contributed by atoms with Gasteiger partial charge in [0.1, 0.15) is 11.4 Å². The van der Waals surface area contributed by atoms with Gasteiger partial charge in [0.25, 0.3) is 0 Å². The van der Waals surface area contributed by atoms with Gasteiger partial charge >= 0.3 is 0 Å². The SMILES string of the molecule is N#Cc1ccc2nc(-c3c(O)c(-c4ccccc4)nn3Cc3ccccc3)[nH]c2c1. The zero-order valence-corrected chi connectivity index (χ0v) is 15.9. The van der Waals surface area contributed by atoms with Crippen molar-refractivity contribution in [3.8, 4) is 34.6 Å². The lowest BCUT2D eigenvalue weighted by molar-refractivity contribution is 0.478. The molecule has 6 nitrogen and oxygen atoms in total. The third-order valence-electron chi connectivity index (χ3n) is 4.99. The van der Waals surface area contributed by atoms with Crippen LogP contribution in [0.2, 0.25) is 0 Å². The van der Waals surface area contributed by atoms with E-state index >= 15 is 0 Å². The average Bonchev–Trinajstić information content (AvgIpc) is 3.34. The number of nitrogens with zero attached hydrogens (tertiary/aromatic N) is 4. The third-order valence-corrected chi connectivity index (χ3v) is 4.99. The molecule has 5 aromatic rings. The molecule has 144 valence electrons. The van der Waals surface area contributed by atoms with Crippen molar-refractivity contribution >= 4 is 11.0 Å². The summed E-state index contributed by atoms with van der Waals surface area (Å²) in [6.07, 6.45) is 0. The molecule has 0 bridgehead atoms. The van der Waals surface area contributed by atoms with Crippen molar-refractivity contribution in [2.45, 2.75) is 6.54 Å². The molecule has 0 aliphatic heterocycles. The fourth-order valence-corrected chi connectivity index (χ4v) is 3.54. The highest BCUT2D eigenvalue weighted by Crippen LogP contribution is 2.37. The van der Waals surface area contributed by atoms with Gasteiger partial charge in [0.2, 0.25) is 0 Å². The van der Waals surface area contributed by atoms with Crippen molar-refractivity contribution in [1.29, 1.82) is 5.26 Å². The van der Waals surface area contributed by atoms with Crippen LogP contribution in [0.15, 0.2) is 78.9 Å². The Labute approximate surface area is 172 Å². The summed E-state index contributed by atoms with van der Waals surface area (Å²) in [7, 11) is 0. The Morgan fingerprint density at radius 2 is 1.70 bits per heavy atom. The molecule has 0 amide bonds. The number of aromatic hydroxyl groups is 1. The molecule has 2 N–H and O–H groups in total. The number of aromatic amines is 1. The number of benzene rings is 3. The molecule has 0 saturated heterocycles. The molecule has 0 aliphatic rings. The second-order valence-corrected chi connectivity index (χ2v) is 6.98. The predicted molar refractivity (Wildman–Crippen MR) is 115 cm³/mol. The maximum absolute atomic E-state index is 11.1. The minimum Gasteiger partial charge on any atom is -0.504 e. The molecule has 0 fully saturated rings. The number of rotatable bonds is 4. The van der Waals surface area contributed by atoms with E-state index in [4.69, 9.17) is 10.4 Å². The maximum Gasteiger partial charge on any atom is 0.173 e. The Morgan fingerprint density at radius 1 is 0.967 bits per heavy atom. The second-order valence-electron chi connectivity index (χ2n) is 6.98. The predicted octanol–water partition coefficient (Wildman–Crippen LogP) is 4.72. The third kappa shape index (κ3) is 3.09. The van der Waals surface area contributed by atoms with Crippen molar-refractivity contribution < 1.29 is 5.11 Å². The first-order chi connectivity index (χ1) is 14.7. The van der Waals surface area contributed by atoms with Gasteiger partial charge in [0.15, 0.2) is 11.6 Å². The average molecular weight is 391 g/mol. The van der Waals surface area contributed by atoms with Crippen LogP contribution in [0.5, 0.6) is 5.75 Å². The first-order valence-electron chi connectivity index (χ1n) is 9.52. The van der Waals surface area contributed by atoms with Gasteiger partial charge in [-0.25, -0.2) is 4.98 Å². The van der Waals surface area contributed by atoms with Gasteiger partial charge in [-0.1, -0.05) is 60.7 Å². The van der Waals surface area contributed by atoms with E-state index in [1.807, 2.05) is 60.7 Å². The van der Waals surface area contributed by atoms with Crippen molar-refractivity contribution in [2.24, 2.45) is 0 Å². The van der Waals surface area contributed by atoms with Crippen molar-refractivity contribution in [2.75, 3.05) is 0 Å². The Bertz CT molecular complexity index is 1380. The lowest BCUT2D eigenvalue weighted by Gasteiger charge is -2.05. The van der Waals surface area contributed by atoms with E-state index in [2.05, 4.69) is 16.0 Å². The number of fused-ring (bicyclic) bond motifs is 1. The second kappa shape index (κ2) is 7.22. The minimum atomic E-state index is 0.0664. The Hall–Kier alpha value is -4.37. The zero-order valence-electron chi connectivity index (χ0n) is 15.9. The van der Waals surface area contributed by atoms with E-state index in [0.29, 0.717) is 29.3 Å². The molecule has 0 unspecified atom stereocenters. The summed E-state index contributed by atoms with van der Waals surface area (Å²) in [5, 5.41) is 25.0. The van der Waals surface area contributed by atoms with Gasteiger partial charge in [-0.05, 0) is 23.8 Å². The van der Waals surface area contributed by atoms with Crippen LogP contribution in [0.3, 0.4) is 0 Å². The van der Waals surface area contributed by atoms with Crippen molar-refractivity contribution in [3.63, 3.8) is 0 Å². The van der Waals surface area contributed by atoms with Crippen molar-refractivity contribution in [1.82, 2.24) is 19.7 Å². The smallest absolute Gasteiger partial charge is 0.173 e. The van der Waals surface area contributed by atoms with Crippen molar-refractivity contribution in [3.05, 3.63) is 90.0 Å². The Morgan fingerprint density at radius 3 is 2.43 bits per heavy atom. The molecule has 3 aromatic carbocycles. The van der Waals surface area contributed by atoms with Crippen LogP contribution < -0.4 is 0 Å². The van der Waals surface area contributed by atoms with Crippen LogP contribution in [0, 0.1) is 11.3 Å². The van der Waals surface area contributed by atoms with Crippen LogP contribution in [0.25, 0.3) is 33.8 Å². The topological polar surface area (TPSA) is 90.5 Å². The summed E-state index contributed by atoms with van der Waals surface area (Å²) < 4.78 is 1.76. The Kier molecular flexibility index (Phi) is 4.26. The molecular formula is C24H17N5O. The fraction of sp³-hybridized carbons (Fsp3) is 0.0417. The van der Waals surface area contributed by atoms with Gasteiger partial charge < -0.3 is 10.1 Å². The van der Waals surface area contributed by atoms with Gasteiger partial charge in [-0.2, -0.15) is 10.4 Å². The normalized spacial score (nSPS) is 10.9. The van der Waals surface area contributed by atoms with E-state index in [1.54, 1.807) is 22.9 Å². The molecule has 2 aromatic heterocycles. The molecule has 2 heterocycles. The number of nitrogens with one attached hydrogen (secondary N) is 1. The largest absolute Gasteiger partial charge is 0.504 e. The molecular weight excluding hydrogens is 374 g/mol. The molecule has 0 aliphatic carbocycles. The quantitative estimate of drug-likeness (QED) is 0.464. The van der Waals surface area contributed by atoms with E-state index in [1.165, 1.54) is 0 Å². The monoisotopic (exact) mass is 391 g/mol. The lowest BCUT2D eigenvalue weighted by Crippen LogP contribution is -2.04. The molecule has 6 heteroatoms. The van der Waals surface area contributed by atoms with Crippen LogP contribution >= 0.6 is 0 Å². The summed E-state index contributed by atoms with van der Waals surface area (Å²) >= 11 is 0. The molecule has 5 rings (SSSR count). The molecule has 0 spiro atoms. The van der Waals surface area contributed by atoms with Crippen LogP contribution in [0.1, 0.15) is 11.1 Å². The lowest BCUT2D eigenvalue weighted by atomic mass is 10.1. The van der Waals surface area contributed by atoms with E-state index in [-0.39, 0.29) is 5.75 Å². The number of imidazole rings is 1. The van der Waals surface area contributed by atoms with Gasteiger partial charge in [-0.15, -0.1) is 0 Å². The van der Waals surface area contributed by atoms with Gasteiger partial charge in [0.05, 0.1) is 29.2 Å². The minimum absolute atomic E-state index is 0.0664. The number of hydrogen-bond acceptors (Lipinski definition) is 4. The molecule has 0 atom stereocenters. The van der Waals surface area contributed by atoms with Crippen LogP contribution in [0.4, 0.5) is 0 Å². The maximum atomic E-state index is 11.1. The number of hydrogen-bond donors (Lipinski definition) is 2. The summed E-state index contributed by atoms with van der Waals surface area (Å²) in [5.41, 5.74) is 4.89. The number of aromatic nitrogens is 4. The fourth-order valence-electron chi connectivity index (χ4n) is 3.54. The summed E-state index contributed by atoms with van der Waals surface area (Å²) in [4.78, 5) is 7.88. The highest BCUT2D eigenvalue weighted by molar-refractivity contribution is 5.83. The van der Waals surface area contributed by atoms with E-state index in [0.717, 1.165) is 22.2 Å². The molecule has 0 radical (unpaired) electrons. The zero-order chi connectivity index (χ0) is 20.5. The highest BCUT2D eigenvalue weighted by atomic mass is 16.3. The standard InChI is InChI=1S/C24H17N5O/c25-14-17-11-12-19-20(13-17)27-24(26-19)22-23(30)21(18-9-5-2-6-10-18)28-29(22)15-16-7-3-1-4-8-16/h1-13,30H,15H2,(H,26,27). The molecule has 30 heavy (non-hydrogen) atoms. The Balaban J connectivity index is 1.69.